The number of rotatable bonds is 2. The maximum absolute atomic E-state index is 12.7. The summed E-state index contributed by atoms with van der Waals surface area (Å²) in [6.45, 7) is 0. The van der Waals surface area contributed by atoms with Crippen LogP contribution < -0.4 is 4.74 Å². The maximum Gasteiger partial charge on any atom is 0.423 e. The highest BCUT2D eigenvalue weighted by Gasteiger charge is 2.36. The number of alkyl halides is 3. The Morgan fingerprint density at radius 1 is 1.05 bits per heavy atom. The highest BCUT2D eigenvalue weighted by molar-refractivity contribution is 6.30. The van der Waals surface area contributed by atoms with Crippen molar-refractivity contribution in [2.24, 2.45) is 0 Å². The molecule has 0 unspecified atom stereocenters. The van der Waals surface area contributed by atoms with Crippen molar-refractivity contribution in [3.63, 3.8) is 0 Å². The molecule has 8 heteroatoms. The van der Waals surface area contributed by atoms with Crippen LogP contribution in [0.1, 0.15) is 5.56 Å². The molecule has 2 aromatic rings. The van der Waals surface area contributed by atoms with E-state index in [-0.39, 0.29) is 11.0 Å². The van der Waals surface area contributed by atoms with Gasteiger partial charge >= 0.3 is 6.18 Å². The normalized spacial score (nSPS) is 11.4. The van der Waals surface area contributed by atoms with E-state index in [2.05, 4.69) is 9.97 Å². The molecule has 1 aromatic heterocycles. The second-order valence-electron chi connectivity index (χ2n) is 3.41. The SMILES string of the molecule is FC(F)(F)c1cnc(Cl)nc1Oc1ccc(Cl)cc1. The van der Waals surface area contributed by atoms with E-state index in [9.17, 15) is 13.2 Å². The summed E-state index contributed by atoms with van der Waals surface area (Å²) in [6.07, 6.45) is -4.06. The van der Waals surface area contributed by atoms with Crippen LogP contribution in [-0.2, 0) is 6.18 Å². The molecule has 0 saturated heterocycles. The van der Waals surface area contributed by atoms with Gasteiger partial charge in [0.25, 0.3) is 0 Å². The first-order valence-corrected chi connectivity index (χ1v) is 5.65. The first kappa shape index (κ1) is 13.9. The number of aromatic nitrogens is 2. The Bertz CT molecular complexity index is 587. The fraction of sp³-hybridized carbons (Fsp3) is 0.0909. The molecule has 3 nitrogen and oxygen atoms in total. The molecule has 100 valence electrons. The molecular formula is C11H5Cl2F3N2O. The zero-order valence-electron chi connectivity index (χ0n) is 9.08. The topological polar surface area (TPSA) is 35.0 Å². The van der Waals surface area contributed by atoms with Crippen molar-refractivity contribution in [2.45, 2.75) is 6.18 Å². The highest BCUT2D eigenvalue weighted by atomic mass is 35.5. The van der Waals surface area contributed by atoms with Gasteiger partial charge in [-0.2, -0.15) is 18.2 Å². The van der Waals surface area contributed by atoms with E-state index < -0.39 is 17.6 Å². The van der Waals surface area contributed by atoms with Crippen LogP contribution in [0.5, 0.6) is 11.6 Å². The lowest BCUT2D eigenvalue weighted by Crippen LogP contribution is -2.09. The fourth-order valence-corrected chi connectivity index (χ4v) is 1.48. The predicted octanol–water partition coefficient (Wildman–Crippen LogP) is 4.59. The lowest BCUT2D eigenvalue weighted by Gasteiger charge is -2.12. The number of benzene rings is 1. The molecule has 19 heavy (non-hydrogen) atoms. The molecule has 2 rings (SSSR count). The molecule has 0 fully saturated rings. The fourth-order valence-electron chi connectivity index (χ4n) is 1.23. The Kier molecular flexibility index (Phi) is 3.82. The van der Waals surface area contributed by atoms with Crippen molar-refractivity contribution < 1.29 is 17.9 Å². The third-order valence-corrected chi connectivity index (χ3v) is 2.49. The largest absolute Gasteiger partial charge is 0.438 e. The average molecular weight is 309 g/mol. The molecule has 1 heterocycles. The van der Waals surface area contributed by atoms with Crippen LogP contribution in [0.4, 0.5) is 13.2 Å². The third kappa shape index (κ3) is 3.48. The minimum absolute atomic E-state index is 0.157. The van der Waals surface area contributed by atoms with E-state index in [1.54, 1.807) is 0 Å². The summed E-state index contributed by atoms with van der Waals surface area (Å²) >= 11 is 11.1. The molecule has 0 radical (unpaired) electrons. The Labute approximate surface area is 116 Å². The van der Waals surface area contributed by atoms with Crippen molar-refractivity contribution in [3.8, 4) is 11.6 Å². The van der Waals surface area contributed by atoms with Crippen molar-refractivity contribution in [2.75, 3.05) is 0 Å². The molecule has 1 aromatic carbocycles. The molecule has 0 bridgehead atoms. The van der Waals surface area contributed by atoms with Crippen LogP contribution in [0, 0.1) is 0 Å². The van der Waals surface area contributed by atoms with Crippen molar-refractivity contribution >= 4 is 23.2 Å². The number of nitrogens with zero attached hydrogens (tertiary/aromatic N) is 2. The van der Waals surface area contributed by atoms with Crippen LogP contribution in [0.25, 0.3) is 0 Å². The Morgan fingerprint density at radius 3 is 2.26 bits per heavy atom. The van der Waals surface area contributed by atoms with Gasteiger partial charge in [0.05, 0.1) is 0 Å². The van der Waals surface area contributed by atoms with Gasteiger partial charge in [-0.3, -0.25) is 0 Å². The smallest absolute Gasteiger partial charge is 0.423 e. The van der Waals surface area contributed by atoms with Crippen LogP contribution in [0.2, 0.25) is 10.3 Å². The molecule has 0 amide bonds. The monoisotopic (exact) mass is 308 g/mol. The minimum atomic E-state index is -4.63. The van der Waals surface area contributed by atoms with Gasteiger partial charge < -0.3 is 4.74 Å². The lowest BCUT2D eigenvalue weighted by molar-refractivity contribution is -0.139. The highest BCUT2D eigenvalue weighted by Crippen LogP contribution is 2.36. The summed E-state index contributed by atoms with van der Waals surface area (Å²) in [5.74, 6) is -0.500. The summed E-state index contributed by atoms with van der Waals surface area (Å²) < 4.78 is 43.2. The minimum Gasteiger partial charge on any atom is -0.438 e. The molecule has 0 spiro atoms. The van der Waals surface area contributed by atoms with Gasteiger partial charge in [0, 0.05) is 11.2 Å². The number of hydrogen-bond acceptors (Lipinski definition) is 3. The van der Waals surface area contributed by atoms with Gasteiger partial charge in [-0.1, -0.05) is 11.6 Å². The summed E-state index contributed by atoms with van der Waals surface area (Å²) in [5, 5.41) is 0.0982. The standard InChI is InChI=1S/C11H5Cl2F3N2O/c12-6-1-3-7(4-2-6)19-9-8(11(14,15)16)5-17-10(13)18-9/h1-5H. The number of halogens is 5. The summed E-state index contributed by atoms with van der Waals surface area (Å²) in [5.41, 5.74) is -1.10. The first-order chi connectivity index (χ1) is 8.86. The van der Waals surface area contributed by atoms with E-state index in [4.69, 9.17) is 27.9 Å². The van der Waals surface area contributed by atoms with Gasteiger partial charge in [-0.15, -0.1) is 0 Å². The second kappa shape index (κ2) is 5.22. The lowest BCUT2D eigenvalue weighted by atomic mass is 10.3. The molecule has 0 aliphatic carbocycles. The van der Waals surface area contributed by atoms with Crippen molar-refractivity contribution in [1.29, 1.82) is 0 Å². The molecule has 0 atom stereocenters. The summed E-state index contributed by atoms with van der Waals surface area (Å²) in [6, 6.07) is 5.79. The summed E-state index contributed by atoms with van der Waals surface area (Å²) in [4.78, 5) is 6.73. The quantitative estimate of drug-likeness (QED) is 0.761. The molecule has 0 saturated carbocycles. The predicted molar refractivity (Wildman–Crippen MR) is 63.6 cm³/mol. The Balaban J connectivity index is 2.38. The first-order valence-electron chi connectivity index (χ1n) is 4.89. The van der Waals surface area contributed by atoms with Gasteiger partial charge in [0.2, 0.25) is 11.2 Å². The van der Waals surface area contributed by atoms with Crippen LogP contribution >= 0.6 is 23.2 Å². The van der Waals surface area contributed by atoms with Crippen molar-refractivity contribution in [1.82, 2.24) is 9.97 Å². The van der Waals surface area contributed by atoms with E-state index >= 15 is 0 Å². The van der Waals surface area contributed by atoms with Gasteiger partial charge in [0.15, 0.2) is 0 Å². The number of hydrogen-bond donors (Lipinski definition) is 0. The number of ether oxygens (including phenoxy) is 1. The average Bonchev–Trinajstić information content (AvgIpc) is 2.30. The van der Waals surface area contributed by atoms with Gasteiger partial charge in [-0.25, -0.2) is 4.98 Å². The van der Waals surface area contributed by atoms with E-state index in [1.165, 1.54) is 24.3 Å². The van der Waals surface area contributed by atoms with E-state index in [0.29, 0.717) is 11.2 Å². The Hall–Kier alpha value is -1.53. The van der Waals surface area contributed by atoms with Gasteiger partial charge in [-0.05, 0) is 35.9 Å². The third-order valence-electron chi connectivity index (χ3n) is 2.06. The van der Waals surface area contributed by atoms with Gasteiger partial charge in [0.1, 0.15) is 11.3 Å². The van der Waals surface area contributed by atoms with Crippen LogP contribution in [-0.4, -0.2) is 9.97 Å². The maximum atomic E-state index is 12.7. The zero-order valence-corrected chi connectivity index (χ0v) is 10.6. The van der Waals surface area contributed by atoms with E-state index in [0.717, 1.165) is 0 Å². The molecule has 0 aliphatic rings. The van der Waals surface area contributed by atoms with Crippen LogP contribution in [0.3, 0.4) is 0 Å². The zero-order chi connectivity index (χ0) is 14.0. The Morgan fingerprint density at radius 2 is 1.68 bits per heavy atom. The molecule has 0 N–H and O–H groups in total. The van der Waals surface area contributed by atoms with Crippen LogP contribution in [0.15, 0.2) is 30.5 Å². The molecule has 0 aliphatic heterocycles. The summed E-state index contributed by atoms with van der Waals surface area (Å²) in [7, 11) is 0. The van der Waals surface area contributed by atoms with Crippen molar-refractivity contribution in [3.05, 3.63) is 46.3 Å². The molecular weight excluding hydrogens is 304 g/mol. The second-order valence-corrected chi connectivity index (χ2v) is 4.19. The van der Waals surface area contributed by atoms with E-state index in [1.807, 2.05) is 0 Å².